The maximum absolute atomic E-state index is 9.56. The highest BCUT2D eigenvalue weighted by molar-refractivity contribution is 5.49. The zero-order valence-corrected chi connectivity index (χ0v) is 10.6. The van der Waals surface area contributed by atoms with E-state index in [0.717, 1.165) is 39.1 Å². The molecule has 2 aliphatic heterocycles. The van der Waals surface area contributed by atoms with Gasteiger partial charge in [-0.15, -0.1) is 0 Å². The fraction of sp³-hybridized carbons (Fsp3) is 0.571. The van der Waals surface area contributed by atoms with Crippen LogP contribution in [0, 0.1) is 0 Å². The Bertz CT molecular complexity index is 363. The molecule has 2 heterocycles. The molecular formula is C14H21N3O. The first-order chi connectivity index (χ1) is 8.83. The molecule has 0 aliphatic carbocycles. The van der Waals surface area contributed by atoms with E-state index in [-0.39, 0.29) is 6.10 Å². The molecule has 2 saturated heterocycles. The van der Waals surface area contributed by atoms with Crippen LogP contribution < -0.4 is 15.5 Å². The van der Waals surface area contributed by atoms with Gasteiger partial charge in [-0.25, -0.2) is 0 Å². The molecule has 3 N–H and O–H groups in total. The average Bonchev–Trinajstić information content (AvgIpc) is 2.87. The van der Waals surface area contributed by atoms with Crippen LogP contribution in [0.1, 0.15) is 18.0 Å². The summed E-state index contributed by atoms with van der Waals surface area (Å²) in [5.74, 6) is 0. The van der Waals surface area contributed by atoms with E-state index in [1.807, 2.05) is 0 Å². The van der Waals surface area contributed by atoms with Crippen molar-refractivity contribution in [2.24, 2.45) is 0 Å². The zero-order chi connectivity index (χ0) is 12.4. The van der Waals surface area contributed by atoms with Gasteiger partial charge in [0.1, 0.15) is 0 Å². The number of anilines is 1. The summed E-state index contributed by atoms with van der Waals surface area (Å²) in [5, 5.41) is 16.5. The first kappa shape index (κ1) is 12.0. The Morgan fingerprint density at radius 3 is 2.61 bits per heavy atom. The molecule has 1 aromatic rings. The lowest BCUT2D eigenvalue weighted by atomic mass is 10.0. The van der Waals surface area contributed by atoms with Gasteiger partial charge in [-0.3, -0.25) is 0 Å². The lowest BCUT2D eigenvalue weighted by Gasteiger charge is -2.25. The summed E-state index contributed by atoms with van der Waals surface area (Å²) < 4.78 is 0. The van der Waals surface area contributed by atoms with Crippen molar-refractivity contribution in [2.75, 3.05) is 37.6 Å². The molecule has 0 bridgehead atoms. The Morgan fingerprint density at radius 1 is 1.17 bits per heavy atom. The topological polar surface area (TPSA) is 47.5 Å². The highest BCUT2D eigenvalue weighted by Gasteiger charge is 2.20. The predicted molar refractivity (Wildman–Crippen MR) is 72.9 cm³/mol. The third kappa shape index (κ3) is 2.51. The maximum Gasteiger partial charge on any atom is 0.0731 e. The van der Waals surface area contributed by atoms with Gasteiger partial charge in [-0.2, -0.15) is 0 Å². The molecule has 4 heteroatoms. The van der Waals surface area contributed by atoms with E-state index in [9.17, 15) is 5.11 Å². The van der Waals surface area contributed by atoms with Crippen LogP contribution in [0.2, 0.25) is 0 Å². The van der Waals surface area contributed by atoms with Crippen molar-refractivity contribution in [3.8, 4) is 0 Å². The van der Waals surface area contributed by atoms with E-state index in [0.29, 0.717) is 6.04 Å². The van der Waals surface area contributed by atoms with Gasteiger partial charge in [-0.1, -0.05) is 12.1 Å². The molecule has 2 aliphatic rings. The van der Waals surface area contributed by atoms with Gasteiger partial charge in [-0.05, 0) is 24.1 Å². The second kappa shape index (κ2) is 5.26. The number of nitrogens with zero attached hydrogens (tertiary/aromatic N) is 1. The van der Waals surface area contributed by atoms with E-state index in [2.05, 4.69) is 39.8 Å². The minimum Gasteiger partial charge on any atom is -0.391 e. The fourth-order valence-corrected chi connectivity index (χ4v) is 2.78. The maximum atomic E-state index is 9.56. The number of aliphatic hydroxyl groups excluding tert-OH is 1. The van der Waals surface area contributed by atoms with Gasteiger partial charge in [0.25, 0.3) is 0 Å². The third-order valence-electron chi connectivity index (χ3n) is 3.86. The summed E-state index contributed by atoms with van der Waals surface area (Å²) in [6, 6.07) is 9.17. The number of aliphatic hydroxyl groups is 1. The highest BCUT2D eigenvalue weighted by atomic mass is 16.3. The molecule has 0 spiro atoms. The summed E-state index contributed by atoms with van der Waals surface area (Å²) in [6.45, 7) is 4.82. The standard InChI is InChI=1S/C14H21N3O/c18-13-5-8-17(10-13)12-3-1-11(2-4-12)14-9-15-6-7-16-14/h1-4,13-16,18H,5-10H2/t13-,14-/m1/s1. The Morgan fingerprint density at radius 2 is 2.00 bits per heavy atom. The summed E-state index contributed by atoms with van der Waals surface area (Å²) >= 11 is 0. The molecule has 0 saturated carbocycles. The van der Waals surface area contributed by atoms with Crippen molar-refractivity contribution in [1.29, 1.82) is 0 Å². The number of nitrogens with one attached hydrogen (secondary N) is 2. The first-order valence-corrected chi connectivity index (χ1v) is 6.80. The quantitative estimate of drug-likeness (QED) is 0.712. The summed E-state index contributed by atoms with van der Waals surface area (Å²) in [4.78, 5) is 2.25. The normalized spacial score (nSPS) is 28.6. The van der Waals surface area contributed by atoms with Crippen LogP contribution in [0.5, 0.6) is 0 Å². The summed E-state index contributed by atoms with van der Waals surface area (Å²) in [6.07, 6.45) is 0.726. The molecule has 0 aromatic heterocycles. The number of hydrogen-bond donors (Lipinski definition) is 3. The van der Waals surface area contributed by atoms with Crippen LogP contribution in [0.15, 0.2) is 24.3 Å². The van der Waals surface area contributed by atoms with Gasteiger partial charge >= 0.3 is 0 Å². The predicted octanol–water partition coefficient (Wildman–Crippen LogP) is 0.492. The van der Waals surface area contributed by atoms with Crippen LogP contribution in [0.3, 0.4) is 0 Å². The Balaban J connectivity index is 1.68. The van der Waals surface area contributed by atoms with E-state index in [1.165, 1.54) is 11.3 Å². The molecule has 0 radical (unpaired) electrons. The number of β-amino-alcohol motifs (C(OH)–C–C–N with tert-alkyl or cyclic N) is 1. The Hall–Kier alpha value is -1.10. The van der Waals surface area contributed by atoms with Crippen molar-refractivity contribution < 1.29 is 5.11 Å². The molecule has 2 atom stereocenters. The van der Waals surface area contributed by atoms with Crippen molar-refractivity contribution in [3.05, 3.63) is 29.8 Å². The van der Waals surface area contributed by atoms with Gasteiger partial charge < -0.3 is 20.6 Å². The fourth-order valence-electron chi connectivity index (χ4n) is 2.78. The Labute approximate surface area is 108 Å². The smallest absolute Gasteiger partial charge is 0.0731 e. The SMILES string of the molecule is O[C@@H]1CCN(c2ccc([C@H]3CNCCN3)cc2)C1. The molecule has 2 fully saturated rings. The number of piperazine rings is 1. The molecule has 0 amide bonds. The largest absolute Gasteiger partial charge is 0.391 e. The lowest BCUT2D eigenvalue weighted by Crippen LogP contribution is -2.42. The van der Waals surface area contributed by atoms with Gasteiger partial charge in [0.2, 0.25) is 0 Å². The van der Waals surface area contributed by atoms with E-state index < -0.39 is 0 Å². The van der Waals surface area contributed by atoms with Crippen molar-refractivity contribution >= 4 is 5.69 Å². The van der Waals surface area contributed by atoms with Gasteiger partial charge in [0, 0.05) is 44.5 Å². The first-order valence-electron chi connectivity index (χ1n) is 6.80. The molecular weight excluding hydrogens is 226 g/mol. The number of hydrogen-bond acceptors (Lipinski definition) is 4. The van der Waals surface area contributed by atoms with E-state index >= 15 is 0 Å². The number of benzene rings is 1. The van der Waals surface area contributed by atoms with Crippen molar-refractivity contribution in [2.45, 2.75) is 18.6 Å². The van der Waals surface area contributed by atoms with Crippen molar-refractivity contribution in [3.63, 3.8) is 0 Å². The molecule has 18 heavy (non-hydrogen) atoms. The molecule has 98 valence electrons. The van der Waals surface area contributed by atoms with Crippen LogP contribution in [-0.4, -0.2) is 43.9 Å². The van der Waals surface area contributed by atoms with Crippen LogP contribution in [0.25, 0.3) is 0 Å². The molecule has 1 aromatic carbocycles. The zero-order valence-electron chi connectivity index (χ0n) is 10.6. The van der Waals surface area contributed by atoms with Gasteiger partial charge in [0.15, 0.2) is 0 Å². The lowest BCUT2D eigenvalue weighted by molar-refractivity contribution is 0.198. The van der Waals surface area contributed by atoms with Crippen molar-refractivity contribution in [1.82, 2.24) is 10.6 Å². The van der Waals surface area contributed by atoms with Crippen LogP contribution in [-0.2, 0) is 0 Å². The van der Waals surface area contributed by atoms with E-state index in [4.69, 9.17) is 0 Å². The average molecular weight is 247 g/mol. The highest BCUT2D eigenvalue weighted by Crippen LogP contribution is 2.23. The monoisotopic (exact) mass is 247 g/mol. The van der Waals surface area contributed by atoms with Crippen LogP contribution >= 0.6 is 0 Å². The minimum absolute atomic E-state index is 0.158. The molecule has 4 nitrogen and oxygen atoms in total. The van der Waals surface area contributed by atoms with E-state index in [1.54, 1.807) is 0 Å². The minimum atomic E-state index is -0.158. The van der Waals surface area contributed by atoms with Gasteiger partial charge in [0.05, 0.1) is 6.10 Å². The second-order valence-electron chi connectivity index (χ2n) is 5.19. The number of rotatable bonds is 2. The summed E-state index contributed by atoms with van der Waals surface area (Å²) in [5.41, 5.74) is 2.56. The molecule has 3 rings (SSSR count). The summed E-state index contributed by atoms with van der Waals surface area (Å²) in [7, 11) is 0. The Kier molecular flexibility index (Phi) is 3.50. The van der Waals surface area contributed by atoms with Crippen LogP contribution in [0.4, 0.5) is 5.69 Å². The molecule has 0 unspecified atom stereocenters. The third-order valence-corrected chi connectivity index (χ3v) is 3.86. The second-order valence-corrected chi connectivity index (χ2v) is 5.19.